The van der Waals surface area contributed by atoms with Crippen molar-refractivity contribution in [3.05, 3.63) is 0 Å². The molecule has 3 heteroatoms. The summed E-state index contributed by atoms with van der Waals surface area (Å²) in [6, 6.07) is 0. The first-order valence-corrected chi connectivity index (χ1v) is 3.85. The molecule has 0 heterocycles. The van der Waals surface area contributed by atoms with Gasteiger partial charge in [-0.25, -0.2) is 0 Å². The summed E-state index contributed by atoms with van der Waals surface area (Å²) in [5, 5.41) is 0. The second-order valence-corrected chi connectivity index (χ2v) is 2.42. The first-order chi connectivity index (χ1) is 5.35. The number of hydrogen-bond donors (Lipinski definition) is 0. The minimum atomic E-state index is 0.273. The molecule has 0 aliphatic carbocycles. The van der Waals surface area contributed by atoms with Gasteiger partial charge in [0.15, 0.2) is 0 Å². The highest BCUT2D eigenvalue weighted by Crippen LogP contribution is 2.02. The lowest BCUT2D eigenvalue weighted by Crippen LogP contribution is -2.15. The molecule has 68 valence electrons. The van der Waals surface area contributed by atoms with Crippen molar-refractivity contribution >= 4 is 0 Å². The van der Waals surface area contributed by atoms with Gasteiger partial charge in [-0.15, -0.1) is 0 Å². The fourth-order valence-corrected chi connectivity index (χ4v) is 0.879. The number of methoxy groups -OCH3 is 3. The summed E-state index contributed by atoms with van der Waals surface area (Å²) >= 11 is 0. The van der Waals surface area contributed by atoms with Crippen LogP contribution in [0, 0.1) is 0 Å². The van der Waals surface area contributed by atoms with Crippen molar-refractivity contribution in [2.24, 2.45) is 0 Å². The fraction of sp³-hybridized carbons (Fsp3) is 1.00. The van der Waals surface area contributed by atoms with Crippen molar-refractivity contribution in [3.8, 4) is 0 Å². The summed E-state index contributed by atoms with van der Waals surface area (Å²) in [7, 11) is 5.11. The van der Waals surface area contributed by atoms with Crippen LogP contribution in [0.25, 0.3) is 0 Å². The van der Waals surface area contributed by atoms with Crippen molar-refractivity contribution in [2.75, 3.05) is 34.5 Å². The molecule has 0 rings (SSSR count). The Morgan fingerprint density at radius 1 is 0.909 bits per heavy atom. The van der Waals surface area contributed by atoms with Crippen LogP contribution in [-0.2, 0) is 14.2 Å². The van der Waals surface area contributed by atoms with E-state index in [9.17, 15) is 0 Å². The van der Waals surface area contributed by atoms with E-state index in [4.69, 9.17) is 14.2 Å². The largest absolute Gasteiger partial charge is 0.385 e. The minimum Gasteiger partial charge on any atom is -0.385 e. The molecule has 0 aliphatic heterocycles. The van der Waals surface area contributed by atoms with E-state index in [1.54, 1.807) is 21.3 Å². The van der Waals surface area contributed by atoms with Crippen LogP contribution in [-0.4, -0.2) is 40.6 Å². The molecule has 3 nitrogen and oxygen atoms in total. The monoisotopic (exact) mass is 162 g/mol. The summed E-state index contributed by atoms with van der Waals surface area (Å²) in [4.78, 5) is 0. The maximum absolute atomic E-state index is 5.19. The molecule has 0 atom stereocenters. The lowest BCUT2D eigenvalue weighted by molar-refractivity contribution is 0.0414. The van der Waals surface area contributed by atoms with Crippen LogP contribution in [0.2, 0.25) is 0 Å². The van der Waals surface area contributed by atoms with Gasteiger partial charge in [0, 0.05) is 34.5 Å². The molecule has 0 aromatic carbocycles. The zero-order valence-electron chi connectivity index (χ0n) is 7.63. The molecule has 0 amide bonds. The van der Waals surface area contributed by atoms with Gasteiger partial charge in [0.05, 0.1) is 6.10 Å². The molecule has 0 saturated heterocycles. The molecule has 0 spiro atoms. The Hall–Kier alpha value is -0.120. The summed E-state index contributed by atoms with van der Waals surface area (Å²) in [6.45, 7) is 1.50. The lowest BCUT2D eigenvalue weighted by Gasteiger charge is -2.13. The molecule has 0 unspecified atom stereocenters. The topological polar surface area (TPSA) is 27.7 Å². The SMILES string of the molecule is COCCC(CCOC)OC. The maximum Gasteiger partial charge on any atom is 0.0615 e. The highest BCUT2D eigenvalue weighted by molar-refractivity contribution is 4.55. The van der Waals surface area contributed by atoms with Gasteiger partial charge in [-0.1, -0.05) is 0 Å². The van der Waals surface area contributed by atoms with Crippen LogP contribution < -0.4 is 0 Å². The van der Waals surface area contributed by atoms with Gasteiger partial charge < -0.3 is 14.2 Å². The van der Waals surface area contributed by atoms with Crippen LogP contribution in [0.15, 0.2) is 0 Å². The quantitative estimate of drug-likeness (QED) is 0.560. The summed E-state index contributed by atoms with van der Waals surface area (Å²) < 4.78 is 15.1. The van der Waals surface area contributed by atoms with E-state index >= 15 is 0 Å². The number of ether oxygens (including phenoxy) is 3. The Kier molecular flexibility index (Phi) is 7.89. The molecule has 0 bridgehead atoms. The minimum absolute atomic E-state index is 0.273. The first kappa shape index (κ1) is 10.9. The van der Waals surface area contributed by atoms with Crippen LogP contribution >= 0.6 is 0 Å². The van der Waals surface area contributed by atoms with Gasteiger partial charge in [0.1, 0.15) is 0 Å². The first-order valence-electron chi connectivity index (χ1n) is 3.85. The second kappa shape index (κ2) is 7.98. The molecule has 0 aromatic heterocycles. The van der Waals surface area contributed by atoms with Crippen molar-refractivity contribution < 1.29 is 14.2 Å². The Bertz CT molecular complexity index is 67.7. The van der Waals surface area contributed by atoms with Crippen LogP contribution in [0.5, 0.6) is 0 Å². The Balaban J connectivity index is 3.25. The van der Waals surface area contributed by atoms with E-state index in [1.165, 1.54) is 0 Å². The highest BCUT2D eigenvalue weighted by atomic mass is 16.5. The summed E-state index contributed by atoms with van der Waals surface area (Å²) in [5.74, 6) is 0. The third kappa shape index (κ3) is 6.28. The van der Waals surface area contributed by atoms with Gasteiger partial charge in [-0.2, -0.15) is 0 Å². The molecule has 0 saturated carbocycles. The van der Waals surface area contributed by atoms with Gasteiger partial charge in [0.2, 0.25) is 0 Å². The lowest BCUT2D eigenvalue weighted by atomic mass is 10.2. The highest BCUT2D eigenvalue weighted by Gasteiger charge is 2.05. The second-order valence-electron chi connectivity index (χ2n) is 2.42. The smallest absolute Gasteiger partial charge is 0.0615 e. The molecule has 0 aliphatic rings. The van der Waals surface area contributed by atoms with Crippen molar-refractivity contribution in [1.29, 1.82) is 0 Å². The van der Waals surface area contributed by atoms with E-state index in [-0.39, 0.29) is 6.10 Å². The normalized spacial score (nSPS) is 10.9. The van der Waals surface area contributed by atoms with Crippen molar-refractivity contribution in [1.82, 2.24) is 0 Å². The van der Waals surface area contributed by atoms with Crippen molar-refractivity contribution in [3.63, 3.8) is 0 Å². The maximum atomic E-state index is 5.19. The van der Waals surface area contributed by atoms with Gasteiger partial charge in [-0.05, 0) is 12.8 Å². The molecule has 11 heavy (non-hydrogen) atoms. The average Bonchev–Trinajstić information content (AvgIpc) is 2.05. The Labute approximate surface area is 68.6 Å². The van der Waals surface area contributed by atoms with E-state index < -0.39 is 0 Å². The Morgan fingerprint density at radius 2 is 1.36 bits per heavy atom. The average molecular weight is 162 g/mol. The third-order valence-corrected chi connectivity index (χ3v) is 1.62. The predicted molar refractivity (Wildman–Crippen MR) is 43.8 cm³/mol. The zero-order valence-corrected chi connectivity index (χ0v) is 7.63. The molecule has 0 aromatic rings. The zero-order chi connectivity index (χ0) is 8.53. The van der Waals surface area contributed by atoms with Crippen LogP contribution in [0.3, 0.4) is 0 Å². The van der Waals surface area contributed by atoms with E-state index in [1.807, 2.05) is 0 Å². The van der Waals surface area contributed by atoms with Crippen molar-refractivity contribution in [2.45, 2.75) is 18.9 Å². The van der Waals surface area contributed by atoms with Gasteiger partial charge in [0.25, 0.3) is 0 Å². The molecule has 0 radical (unpaired) electrons. The molecule has 0 fully saturated rings. The van der Waals surface area contributed by atoms with E-state index in [2.05, 4.69) is 0 Å². The predicted octanol–water partition coefficient (Wildman–Crippen LogP) is 1.07. The number of hydrogen-bond acceptors (Lipinski definition) is 3. The third-order valence-electron chi connectivity index (χ3n) is 1.62. The number of rotatable bonds is 7. The molecular formula is C8H18O3. The standard InChI is InChI=1S/C8H18O3/c1-9-6-4-8(11-3)5-7-10-2/h8H,4-7H2,1-3H3. The summed E-state index contributed by atoms with van der Waals surface area (Å²) in [5.41, 5.74) is 0. The van der Waals surface area contributed by atoms with E-state index in [0.717, 1.165) is 26.1 Å². The summed E-state index contributed by atoms with van der Waals surface area (Å²) in [6.07, 6.45) is 2.15. The van der Waals surface area contributed by atoms with Crippen LogP contribution in [0.1, 0.15) is 12.8 Å². The van der Waals surface area contributed by atoms with Crippen LogP contribution in [0.4, 0.5) is 0 Å². The Morgan fingerprint density at radius 3 is 1.64 bits per heavy atom. The fourth-order valence-electron chi connectivity index (χ4n) is 0.879. The van der Waals surface area contributed by atoms with Gasteiger partial charge >= 0.3 is 0 Å². The molecular weight excluding hydrogens is 144 g/mol. The van der Waals surface area contributed by atoms with Gasteiger partial charge in [-0.3, -0.25) is 0 Å². The van der Waals surface area contributed by atoms with E-state index in [0.29, 0.717) is 0 Å². The molecule has 0 N–H and O–H groups in total.